The predicted molar refractivity (Wildman–Crippen MR) is 75.3 cm³/mol. The minimum absolute atomic E-state index is 0.0214. The number of nitrogens with one attached hydrogen (secondary N) is 2. The van der Waals surface area contributed by atoms with Gasteiger partial charge in [0.15, 0.2) is 0 Å². The molecule has 0 spiro atoms. The Kier molecular flexibility index (Phi) is 5.79. The SMILES string of the molecule is CCOC(=O)C1CNCCN1CC(=O)NC1CCCC1. The van der Waals surface area contributed by atoms with E-state index in [0.29, 0.717) is 25.7 Å². The Labute approximate surface area is 120 Å². The summed E-state index contributed by atoms with van der Waals surface area (Å²) in [7, 11) is 0. The lowest BCUT2D eigenvalue weighted by molar-refractivity contribution is -0.150. The molecule has 1 aliphatic carbocycles. The van der Waals surface area contributed by atoms with Crippen LogP contribution in [0.1, 0.15) is 32.6 Å². The van der Waals surface area contributed by atoms with E-state index in [1.807, 2.05) is 4.90 Å². The molecule has 2 aliphatic rings. The first kappa shape index (κ1) is 15.3. The van der Waals surface area contributed by atoms with E-state index < -0.39 is 0 Å². The predicted octanol–water partition coefficient (Wildman–Crippen LogP) is -0.118. The number of ether oxygens (including phenoxy) is 1. The first-order valence-electron chi connectivity index (χ1n) is 7.61. The van der Waals surface area contributed by atoms with Crippen molar-refractivity contribution in [2.75, 3.05) is 32.8 Å². The number of carbonyl (C=O) groups is 2. The molecule has 1 unspecified atom stereocenters. The summed E-state index contributed by atoms with van der Waals surface area (Å²) in [5.74, 6) is -0.221. The van der Waals surface area contributed by atoms with E-state index in [9.17, 15) is 9.59 Å². The van der Waals surface area contributed by atoms with Crippen LogP contribution < -0.4 is 10.6 Å². The smallest absolute Gasteiger partial charge is 0.324 e. The van der Waals surface area contributed by atoms with E-state index in [4.69, 9.17) is 4.74 Å². The van der Waals surface area contributed by atoms with Crippen LogP contribution in [0.3, 0.4) is 0 Å². The molecule has 0 aromatic rings. The van der Waals surface area contributed by atoms with Crippen LogP contribution >= 0.6 is 0 Å². The molecule has 20 heavy (non-hydrogen) atoms. The highest BCUT2D eigenvalue weighted by atomic mass is 16.5. The molecule has 2 N–H and O–H groups in total. The van der Waals surface area contributed by atoms with Gasteiger partial charge in [-0.1, -0.05) is 12.8 Å². The third-order valence-corrected chi connectivity index (χ3v) is 3.98. The molecule has 1 atom stereocenters. The van der Waals surface area contributed by atoms with Gasteiger partial charge >= 0.3 is 5.97 Å². The number of piperazine rings is 1. The van der Waals surface area contributed by atoms with Gasteiger partial charge in [-0.15, -0.1) is 0 Å². The van der Waals surface area contributed by atoms with Crippen LogP contribution in [0.4, 0.5) is 0 Å². The molecule has 1 saturated heterocycles. The van der Waals surface area contributed by atoms with E-state index in [1.165, 1.54) is 12.8 Å². The number of rotatable bonds is 5. The van der Waals surface area contributed by atoms with E-state index in [-0.39, 0.29) is 24.5 Å². The van der Waals surface area contributed by atoms with Crippen molar-refractivity contribution in [1.82, 2.24) is 15.5 Å². The molecule has 114 valence electrons. The van der Waals surface area contributed by atoms with E-state index in [0.717, 1.165) is 19.4 Å². The number of esters is 1. The van der Waals surface area contributed by atoms with Crippen molar-refractivity contribution in [2.24, 2.45) is 0 Å². The lowest BCUT2D eigenvalue weighted by Crippen LogP contribution is -2.57. The van der Waals surface area contributed by atoms with Crippen LogP contribution in [0.2, 0.25) is 0 Å². The van der Waals surface area contributed by atoms with Crippen molar-refractivity contribution >= 4 is 11.9 Å². The maximum absolute atomic E-state index is 12.1. The van der Waals surface area contributed by atoms with Gasteiger partial charge in [0.05, 0.1) is 13.2 Å². The van der Waals surface area contributed by atoms with Crippen molar-refractivity contribution in [3.63, 3.8) is 0 Å². The van der Waals surface area contributed by atoms with Gasteiger partial charge in [0.25, 0.3) is 0 Å². The minimum Gasteiger partial charge on any atom is -0.465 e. The van der Waals surface area contributed by atoms with Crippen LogP contribution in [0.5, 0.6) is 0 Å². The van der Waals surface area contributed by atoms with Gasteiger partial charge < -0.3 is 15.4 Å². The normalized spacial score (nSPS) is 24.6. The monoisotopic (exact) mass is 283 g/mol. The molecule has 0 radical (unpaired) electrons. The van der Waals surface area contributed by atoms with Crippen LogP contribution in [0, 0.1) is 0 Å². The van der Waals surface area contributed by atoms with Crippen molar-refractivity contribution in [3.05, 3.63) is 0 Å². The topological polar surface area (TPSA) is 70.7 Å². The zero-order valence-electron chi connectivity index (χ0n) is 12.2. The fourth-order valence-electron chi connectivity index (χ4n) is 2.93. The van der Waals surface area contributed by atoms with Crippen LogP contribution in [0.25, 0.3) is 0 Å². The maximum Gasteiger partial charge on any atom is 0.324 e. The summed E-state index contributed by atoms with van der Waals surface area (Å²) in [4.78, 5) is 25.9. The summed E-state index contributed by atoms with van der Waals surface area (Å²) in [6, 6.07) is -0.0236. The Bertz CT molecular complexity index is 343. The van der Waals surface area contributed by atoms with Crippen molar-refractivity contribution in [2.45, 2.75) is 44.7 Å². The standard InChI is InChI=1S/C14H25N3O3/c1-2-20-14(19)12-9-15-7-8-17(12)10-13(18)16-11-5-3-4-6-11/h11-12,15H,2-10H2,1H3,(H,16,18). The van der Waals surface area contributed by atoms with Crippen LogP contribution in [-0.2, 0) is 14.3 Å². The van der Waals surface area contributed by atoms with Crippen LogP contribution in [0.15, 0.2) is 0 Å². The summed E-state index contributed by atoms with van der Waals surface area (Å²) in [6.07, 6.45) is 4.55. The molecule has 0 aromatic carbocycles. The van der Waals surface area contributed by atoms with Gasteiger partial charge in [-0.2, -0.15) is 0 Å². The van der Waals surface area contributed by atoms with E-state index in [2.05, 4.69) is 10.6 Å². The zero-order valence-corrected chi connectivity index (χ0v) is 12.2. The van der Waals surface area contributed by atoms with E-state index in [1.54, 1.807) is 6.92 Å². The zero-order chi connectivity index (χ0) is 14.4. The van der Waals surface area contributed by atoms with E-state index >= 15 is 0 Å². The first-order valence-corrected chi connectivity index (χ1v) is 7.61. The number of hydrogen-bond acceptors (Lipinski definition) is 5. The first-order chi connectivity index (χ1) is 9.70. The van der Waals surface area contributed by atoms with Crippen LogP contribution in [-0.4, -0.2) is 61.6 Å². The highest BCUT2D eigenvalue weighted by molar-refractivity contribution is 5.81. The fourth-order valence-corrected chi connectivity index (χ4v) is 2.93. The Balaban J connectivity index is 1.84. The van der Waals surface area contributed by atoms with Gasteiger partial charge in [-0.25, -0.2) is 0 Å². The highest BCUT2D eigenvalue weighted by Crippen LogP contribution is 2.17. The Morgan fingerprint density at radius 1 is 1.35 bits per heavy atom. The van der Waals surface area contributed by atoms with Gasteiger partial charge in [0, 0.05) is 25.7 Å². The van der Waals surface area contributed by atoms with Gasteiger partial charge in [0.2, 0.25) is 5.91 Å². The van der Waals surface area contributed by atoms with Gasteiger partial charge in [-0.3, -0.25) is 14.5 Å². The fraction of sp³-hybridized carbons (Fsp3) is 0.857. The molecule has 0 bridgehead atoms. The Morgan fingerprint density at radius 2 is 2.10 bits per heavy atom. The molecular weight excluding hydrogens is 258 g/mol. The molecular formula is C14H25N3O3. The molecule has 0 aromatic heterocycles. The molecule has 2 rings (SSSR count). The number of nitrogens with zero attached hydrogens (tertiary/aromatic N) is 1. The molecule has 6 nitrogen and oxygen atoms in total. The lowest BCUT2D eigenvalue weighted by atomic mass is 10.2. The molecule has 2 fully saturated rings. The average Bonchev–Trinajstić information content (AvgIpc) is 2.92. The molecule has 1 heterocycles. The van der Waals surface area contributed by atoms with Crippen molar-refractivity contribution < 1.29 is 14.3 Å². The second-order valence-corrected chi connectivity index (χ2v) is 5.49. The minimum atomic E-state index is -0.349. The number of hydrogen-bond donors (Lipinski definition) is 2. The Hall–Kier alpha value is -1.14. The number of carbonyl (C=O) groups excluding carboxylic acids is 2. The largest absolute Gasteiger partial charge is 0.465 e. The Morgan fingerprint density at radius 3 is 2.80 bits per heavy atom. The van der Waals surface area contributed by atoms with Gasteiger partial charge in [0.1, 0.15) is 6.04 Å². The average molecular weight is 283 g/mol. The second kappa shape index (κ2) is 7.59. The highest BCUT2D eigenvalue weighted by Gasteiger charge is 2.31. The van der Waals surface area contributed by atoms with Crippen molar-refractivity contribution in [3.8, 4) is 0 Å². The second-order valence-electron chi connectivity index (χ2n) is 5.49. The third-order valence-electron chi connectivity index (χ3n) is 3.98. The summed E-state index contributed by atoms with van der Waals surface area (Å²) in [5.41, 5.74) is 0. The molecule has 1 aliphatic heterocycles. The van der Waals surface area contributed by atoms with Crippen molar-refractivity contribution in [1.29, 1.82) is 0 Å². The lowest BCUT2D eigenvalue weighted by Gasteiger charge is -2.34. The third kappa shape index (κ3) is 4.18. The summed E-state index contributed by atoms with van der Waals surface area (Å²) >= 11 is 0. The molecule has 6 heteroatoms. The summed E-state index contributed by atoms with van der Waals surface area (Å²) in [6.45, 7) is 4.49. The molecule has 1 saturated carbocycles. The van der Waals surface area contributed by atoms with Gasteiger partial charge in [-0.05, 0) is 19.8 Å². The summed E-state index contributed by atoms with van der Waals surface area (Å²) in [5, 5.41) is 6.24. The maximum atomic E-state index is 12.1. The molecule has 1 amide bonds. The number of amides is 1. The quantitative estimate of drug-likeness (QED) is 0.689. The summed E-state index contributed by atoms with van der Waals surface area (Å²) < 4.78 is 5.07.